The molecule has 0 aromatic heterocycles. The average molecular weight is 201 g/mol. The van der Waals surface area contributed by atoms with E-state index in [2.05, 4.69) is 5.32 Å². The van der Waals surface area contributed by atoms with Crippen molar-refractivity contribution in [2.45, 2.75) is 0 Å². The predicted molar refractivity (Wildman–Crippen MR) is 51.6 cm³/mol. The average Bonchev–Trinajstić information content (AvgIpc) is 2.11. The second kappa shape index (κ2) is 4.11. The summed E-state index contributed by atoms with van der Waals surface area (Å²) in [4.78, 5) is 10.8. The normalized spacial score (nSPS) is 9.69. The van der Waals surface area contributed by atoms with Crippen molar-refractivity contribution in [2.75, 3.05) is 17.7 Å². The lowest BCUT2D eigenvalue weighted by molar-refractivity contribution is -0.118. The number of rotatable bonds is 2. The number of aliphatic hydroxyl groups is 1. The van der Waals surface area contributed by atoms with Crippen LogP contribution in [0.25, 0.3) is 0 Å². The molecule has 0 fully saturated rings. The molecule has 0 atom stereocenters. The molecular formula is C8H9ClN2O2. The van der Waals surface area contributed by atoms with Gasteiger partial charge in [0.2, 0.25) is 5.91 Å². The Bertz CT molecular complexity index is 328. The molecule has 5 heteroatoms. The first-order valence-corrected chi connectivity index (χ1v) is 3.97. The SMILES string of the molecule is Nc1ccc(Cl)c(NC(=O)CO)c1. The zero-order valence-corrected chi connectivity index (χ0v) is 7.51. The zero-order chi connectivity index (χ0) is 9.84. The highest BCUT2D eigenvalue weighted by Crippen LogP contribution is 2.23. The largest absolute Gasteiger partial charge is 0.399 e. The number of aliphatic hydroxyl groups excluding tert-OH is 1. The smallest absolute Gasteiger partial charge is 0.250 e. The second-order valence-corrected chi connectivity index (χ2v) is 2.85. The summed E-state index contributed by atoms with van der Waals surface area (Å²) in [6.45, 7) is -0.578. The van der Waals surface area contributed by atoms with Crippen LogP contribution in [0.4, 0.5) is 11.4 Å². The summed E-state index contributed by atoms with van der Waals surface area (Å²) >= 11 is 5.75. The Morgan fingerprint density at radius 3 is 2.92 bits per heavy atom. The summed E-state index contributed by atoms with van der Waals surface area (Å²) in [6.07, 6.45) is 0. The van der Waals surface area contributed by atoms with E-state index >= 15 is 0 Å². The number of benzene rings is 1. The van der Waals surface area contributed by atoms with Gasteiger partial charge in [-0.2, -0.15) is 0 Å². The van der Waals surface area contributed by atoms with E-state index in [1.165, 1.54) is 6.07 Å². The number of carbonyl (C=O) groups excluding carboxylic acids is 1. The molecule has 1 rings (SSSR count). The van der Waals surface area contributed by atoms with Crippen molar-refractivity contribution in [3.8, 4) is 0 Å². The molecule has 0 aliphatic carbocycles. The van der Waals surface area contributed by atoms with Gasteiger partial charge in [0.1, 0.15) is 6.61 Å². The number of halogens is 1. The van der Waals surface area contributed by atoms with Crippen molar-refractivity contribution >= 4 is 28.9 Å². The van der Waals surface area contributed by atoms with Gasteiger partial charge in [0.25, 0.3) is 0 Å². The Morgan fingerprint density at radius 1 is 1.62 bits per heavy atom. The molecule has 4 N–H and O–H groups in total. The topological polar surface area (TPSA) is 75.3 Å². The number of anilines is 2. The molecule has 0 bridgehead atoms. The van der Waals surface area contributed by atoms with Crippen LogP contribution in [0, 0.1) is 0 Å². The molecule has 1 aromatic rings. The maximum atomic E-state index is 10.8. The highest BCUT2D eigenvalue weighted by Gasteiger charge is 2.04. The van der Waals surface area contributed by atoms with Crippen LogP contribution in [0.5, 0.6) is 0 Å². The summed E-state index contributed by atoms with van der Waals surface area (Å²) < 4.78 is 0. The van der Waals surface area contributed by atoms with Crippen molar-refractivity contribution < 1.29 is 9.90 Å². The molecule has 4 nitrogen and oxygen atoms in total. The number of amides is 1. The first-order valence-electron chi connectivity index (χ1n) is 3.59. The minimum Gasteiger partial charge on any atom is -0.399 e. The lowest BCUT2D eigenvalue weighted by atomic mass is 10.3. The summed E-state index contributed by atoms with van der Waals surface area (Å²) in [5, 5.41) is 11.3. The third-order valence-electron chi connectivity index (χ3n) is 1.41. The van der Waals surface area contributed by atoms with Crippen LogP contribution in [0.3, 0.4) is 0 Å². The first kappa shape index (κ1) is 9.83. The number of hydrogen-bond acceptors (Lipinski definition) is 3. The predicted octanol–water partition coefficient (Wildman–Crippen LogP) is 0.853. The standard InChI is InChI=1S/C8H9ClN2O2/c9-6-2-1-5(10)3-7(6)11-8(13)4-12/h1-3,12H,4,10H2,(H,11,13). The molecule has 0 radical (unpaired) electrons. The van der Waals surface area contributed by atoms with Gasteiger partial charge in [0.15, 0.2) is 0 Å². The lowest BCUT2D eigenvalue weighted by Crippen LogP contribution is -2.15. The fourth-order valence-electron chi connectivity index (χ4n) is 0.828. The van der Waals surface area contributed by atoms with Crippen LogP contribution in [-0.4, -0.2) is 17.6 Å². The van der Waals surface area contributed by atoms with Crippen molar-refractivity contribution in [3.63, 3.8) is 0 Å². The monoisotopic (exact) mass is 200 g/mol. The number of hydrogen-bond donors (Lipinski definition) is 3. The Morgan fingerprint density at radius 2 is 2.31 bits per heavy atom. The van der Waals surface area contributed by atoms with Gasteiger partial charge in [-0.05, 0) is 18.2 Å². The van der Waals surface area contributed by atoms with E-state index in [9.17, 15) is 4.79 Å². The molecule has 0 aliphatic heterocycles. The van der Waals surface area contributed by atoms with Gasteiger partial charge < -0.3 is 16.2 Å². The van der Waals surface area contributed by atoms with Gasteiger partial charge in [0.05, 0.1) is 10.7 Å². The summed E-state index contributed by atoms with van der Waals surface area (Å²) in [5.41, 5.74) is 6.37. The molecule has 0 aliphatic rings. The Labute approximate surface area is 80.3 Å². The van der Waals surface area contributed by atoms with Gasteiger partial charge in [-0.25, -0.2) is 0 Å². The number of nitrogen functional groups attached to an aromatic ring is 1. The van der Waals surface area contributed by atoms with Crippen LogP contribution in [0.1, 0.15) is 0 Å². The van der Waals surface area contributed by atoms with E-state index in [-0.39, 0.29) is 0 Å². The van der Waals surface area contributed by atoms with E-state index in [1.807, 2.05) is 0 Å². The highest BCUT2D eigenvalue weighted by atomic mass is 35.5. The fourth-order valence-corrected chi connectivity index (χ4v) is 0.993. The Balaban J connectivity index is 2.87. The zero-order valence-electron chi connectivity index (χ0n) is 6.75. The summed E-state index contributed by atoms with van der Waals surface area (Å²) in [7, 11) is 0. The van der Waals surface area contributed by atoms with Crippen LogP contribution in [0.2, 0.25) is 5.02 Å². The molecule has 0 spiro atoms. The summed E-state index contributed by atoms with van der Waals surface area (Å²) in [6, 6.07) is 4.72. The number of carbonyl (C=O) groups is 1. The molecule has 0 heterocycles. The van der Waals surface area contributed by atoms with Crippen molar-refractivity contribution in [1.82, 2.24) is 0 Å². The molecule has 70 valence electrons. The molecule has 13 heavy (non-hydrogen) atoms. The number of nitrogens with two attached hydrogens (primary N) is 1. The number of nitrogens with one attached hydrogen (secondary N) is 1. The summed E-state index contributed by atoms with van der Waals surface area (Å²) in [5.74, 6) is -0.521. The van der Waals surface area contributed by atoms with Gasteiger partial charge >= 0.3 is 0 Å². The molecule has 0 saturated carbocycles. The molecule has 1 amide bonds. The van der Waals surface area contributed by atoms with Gasteiger partial charge in [-0.1, -0.05) is 11.6 Å². The van der Waals surface area contributed by atoms with Crippen molar-refractivity contribution in [2.24, 2.45) is 0 Å². The molecular weight excluding hydrogens is 192 g/mol. The van der Waals surface area contributed by atoms with E-state index < -0.39 is 12.5 Å². The van der Waals surface area contributed by atoms with E-state index in [0.717, 1.165) is 0 Å². The van der Waals surface area contributed by atoms with E-state index in [4.69, 9.17) is 22.4 Å². The minimum absolute atomic E-state index is 0.385. The maximum absolute atomic E-state index is 10.8. The van der Waals surface area contributed by atoms with Gasteiger partial charge in [-0.15, -0.1) is 0 Å². The fraction of sp³-hybridized carbons (Fsp3) is 0.125. The van der Waals surface area contributed by atoms with Gasteiger partial charge in [-0.3, -0.25) is 4.79 Å². The maximum Gasteiger partial charge on any atom is 0.250 e. The third kappa shape index (κ3) is 2.61. The Kier molecular flexibility index (Phi) is 3.11. The molecule has 0 saturated heterocycles. The molecule has 0 unspecified atom stereocenters. The van der Waals surface area contributed by atoms with E-state index in [1.54, 1.807) is 12.1 Å². The van der Waals surface area contributed by atoms with E-state index in [0.29, 0.717) is 16.4 Å². The van der Waals surface area contributed by atoms with Crippen LogP contribution in [0.15, 0.2) is 18.2 Å². The van der Waals surface area contributed by atoms with Crippen molar-refractivity contribution in [3.05, 3.63) is 23.2 Å². The quantitative estimate of drug-likeness (QED) is 0.620. The van der Waals surface area contributed by atoms with Crippen LogP contribution < -0.4 is 11.1 Å². The minimum atomic E-state index is -0.578. The first-order chi connectivity index (χ1) is 6.13. The second-order valence-electron chi connectivity index (χ2n) is 2.45. The lowest BCUT2D eigenvalue weighted by Gasteiger charge is -2.05. The highest BCUT2D eigenvalue weighted by molar-refractivity contribution is 6.33. The van der Waals surface area contributed by atoms with Crippen LogP contribution in [-0.2, 0) is 4.79 Å². The molecule has 1 aromatic carbocycles. The third-order valence-corrected chi connectivity index (χ3v) is 1.74. The van der Waals surface area contributed by atoms with Crippen molar-refractivity contribution in [1.29, 1.82) is 0 Å². The Hall–Kier alpha value is -1.26. The van der Waals surface area contributed by atoms with Crippen LogP contribution >= 0.6 is 11.6 Å². The van der Waals surface area contributed by atoms with Gasteiger partial charge in [0, 0.05) is 5.69 Å².